The second-order valence-electron chi connectivity index (χ2n) is 9.79. The first-order valence-electron chi connectivity index (χ1n) is 12.8. The first kappa shape index (κ1) is 26.1. The lowest BCUT2D eigenvalue weighted by atomic mass is 10.0. The summed E-state index contributed by atoms with van der Waals surface area (Å²) in [6.07, 6.45) is 4.70. The Kier molecular flexibility index (Phi) is 7.80. The highest BCUT2D eigenvalue weighted by atomic mass is 32.2. The quantitative estimate of drug-likeness (QED) is 0.428. The van der Waals surface area contributed by atoms with Crippen molar-refractivity contribution in [1.29, 1.82) is 0 Å². The zero-order valence-corrected chi connectivity index (χ0v) is 22.8. The maximum Gasteiger partial charge on any atom is 0.324 e. The minimum absolute atomic E-state index is 0.0166. The molecule has 12 heteroatoms. The molecule has 0 atom stereocenters. The topological polar surface area (TPSA) is 122 Å². The van der Waals surface area contributed by atoms with Crippen LogP contribution < -0.4 is 9.64 Å². The highest BCUT2D eigenvalue weighted by Crippen LogP contribution is 2.34. The summed E-state index contributed by atoms with van der Waals surface area (Å²) >= 11 is 1.54. The molecule has 2 aliphatic rings. The van der Waals surface area contributed by atoms with Crippen molar-refractivity contribution in [3.05, 3.63) is 35.7 Å². The molecular formula is C25H33N5O5S2. The number of hydrogen-bond donors (Lipinski definition) is 1. The van der Waals surface area contributed by atoms with E-state index in [1.807, 2.05) is 32.1 Å². The Bertz CT molecular complexity index is 1360. The molecule has 1 saturated heterocycles. The Hall–Kier alpha value is -2.54. The van der Waals surface area contributed by atoms with Gasteiger partial charge in [0.05, 0.1) is 16.0 Å². The van der Waals surface area contributed by atoms with Gasteiger partial charge in [0.25, 0.3) is 5.19 Å². The molecule has 2 aliphatic heterocycles. The van der Waals surface area contributed by atoms with E-state index in [1.165, 1.54) is 4.31 Å². The van der Waals surface area contributed by atoms with Crippen molar-refractivity contribution in [2.24, 2.45) is 0 Å². The fourth-order valence-electron chi connectivity index (χ4n) is 4.59. The summed E-state index contributed by atoms with van der Waals surface area (Å²) in [5.41, 5.74) is 3.13. The number of anilines is 1. The summed E-state index contributed by atoms with van der Waals surface area (Å²) < 4.78 is 39.0. The molecule has 5 rings (SSSR count). The van der Waals surface area contributed by atoms with E-state index >= 15 is 0 Å². The van der Waals surface area contributed by atoms with Crippen LogP contribution in [0, 0.1) is 0 Å². The predicted octanol–water partition coefficient (Wildman–Crippen LogP) is 3.65. The van der Waals surface area contributed by atoms with E-state index in [0.29, 0.717) is 30.7 Å². The number of aliphatic hydroxyl groups excluding tert-OH is 1. The molecule has 200 valence electrons. The summed E-state index contributed by atoms with van der Waals surface area (Å²) in [6, 6.07) is 6.75. The van der Waals surface area contributed by atoms with Crippen molar-refractivity contribution < 1.29 is 22.8 Å². The highest BCUT2D eigenvalue weighted by Gasteiger charge is 2.26. The maximum atomic E-state index is 12.4. The number of ether oxygens (including phenoxy) is 1. The second kappa shape index (κ2) is 11.1. The van der Waals surface area contributed by atoms with E-state index in [4.69, 9.17) is 14.4 Å². The molecule has 0 amide bonds. The molecular weight excluding hydrogens is 514 g/mol. The lowest BCUT2D eigenvalue weighted by molar-refractivity contribution is 0.168. The van der Waals surface area contributed by atoms with Crippen molar-refractivity contribution in [3.8, 4) is 5.19 Å². The van der Waals surface area contributed by atoms with Crippen molar-refractivity contribution in [2.45, 2.75) is 51.6 Å². The standard InChI is InChI=1S/C25H33N5O5S2/c1-17(2)23-27-24(35-28-23)29-10-8-20(9-11-29)34-25-26-21-5-4-19(16-22(21)36-25)18-6-12-30(13-7-18)37(32,33)15-3-14-31/h4-6,16-17,20,31H,3,7-15H2,1-2H3. The lowest BCUT2D eigenvalue weighted by Crippen LogP contribution is -2.38. The molecule has 1 fully saturated rings. The van der Waals surface area contributed by atoms with Gasteiger partial charge in [-0.15, -0.1) is 0 Å². The van der Waals surface area contributed by atoms with Gasteiger partial charge < -0.3 is 19.3 Å². The minimum atomic E-state index is -3.33. The van der Waals surface area contributed by atoms with Crippen LogP contribution in [0.15, 0.2) is 28.8 Å². The number of fused-ring (bicyclic) bond motifs is 1. The number of nitrogens with zero attached hydrogens (tertiary/aromatic N) is 5. The van der Waals surface area contributed by atoms with Crippen LogP contribution in [0.2, 0.25) is 0 Å². The molecule has 37 heavy (non-hydrogen) atoms. The fourth-order valence-corrected chi connectivity index (χ4v) is 6.94. The van der Waals surface area contributed by atoms with Crippen LogP contribution >= 0.6 is 11.3 Å². The van der Waals surface area contributed by atoms with Crippen LogP contribution in [0.1, 0.15) is 56.8 Å². The van der Waals surface area contributed by atoms with Crippen molar-refractivity contribution >= 4 is 43.2 Å². The third-order valence-corrected chi connectivity index (χ3v) is 9.62. The van der Waals surface area contributed by atoms with Gasteiger partial charge in [-0.1, -0.05) is 42.5 Å². The van der Waals surface area contributed by atoms with Crippen molar-refractivity contribution in [2.75, 3.05) is 43.4 Å². The van der Waals surface area contributed by atoms with E-state index in [0.717, 1.165) is 53.1 Å². The van der Waals surface area contributed by atoms with Gasteiger partial charge in [0.1, 0.15) is 6.10 Å². The molecule has 1 aromatic carbocycles. The van der Waals surface area contributed by atoms with E-state index < -0.39 is 10.0 Å². The Morgan fingerprint density at radius 3 is 2.70 bits per heavy atom. The molecule has 1 N–H and O–H groups in total. The number of piperidine rings is 1. The molecule has 0 bridgehead atoms. The summed E-state index contributed by atoms with van der Waals surface area (Å²) in [5.74, 6) is 0.948. The lowest BCUT2D eigenvalue weighted by Gasteiger charge is -2.29. The van der Waals surface area contributed by atoms with Crippen LogP contribution in [-0.4, -0.2) is 77.6 Å². The van der Waals surface area contributed by atoms with Gasteiger partial charge in [-0.25, -0.2) is 13.4 Å². The van der Waals surface area contributed by atoms with Crippen LogP contribution in [0.3, 0.4) is 0 Å². The molecule has 0 aliphatic carbocycles. The van der Waals surface area contributed by atoms with Crippen LogP contribution in [-0.2, 0) is 10.0 Å². The Balaban J connectivity index is 1.19. The molecule has 4 heterocycles. The highest BCUT2D eigenvalue weighted by molar-refractivity contribution is 7.89. The summed E-state index contributed by atoms with van der Waals surface area (Å²) in [7, 11) is -3.33. The van der Waals surface area contributed by atoms with Gasteiger partial charge in [0.15, 0.2) is 5.82 Å². The van der Waals surface area contributed by atoms with Gasteiger partial charge in [0.2, 0.25) is 10.0 Å². The van der Waals surface area contributed by atoms with E-state index in [9.17, 15) is 8.42 Å². The van der Waals surface area contributed by atoms with E-state index in [-0.39, 0.29) is 30.8 Å². The largest absolute Gasteiger partial charge is 0.467 e. The first-order chi connectivity index (χ1) is 17.8. The van der Waals surface area contributed by atoms with Crippen molar-refractivity contribution in [3.63, 3.8) is 0 Å². The summed E-state index contributed by atoms with van der Waals surface area (Å²) in [4.78, 5) is 11.3. The second-order valence-corrected chi connectivity index (χ2v) is 12.9. The average molecular weight is 548 g/mol. The van der Waals surface area contributed by atoms with Gasteiger partial charge in [-0.3, -0.25) is 0 Å². The number of aliphatic hydroxyl groups is 1. The summed E-state index contributed by atoms with van der Waals surface area (Å²) in [5, 5.41) is 13.7. The first-order valence-corrected chi connectivity index (χ1v) is 15.2. The van der Waals surface area contributed by atoms with Crippen LogP contribution in [0.25, 0.3) is 15.8 Å². The number of benzene rings is 1. The normalized spacial score (nSPS) is 18.1. The smallest absolute Gasteiger partial charge is 0.324 e. The SMILES string of the molecule is CC(C)c1noc(N2CCC(Oc3nc4ccc(C5=CCN(S(=O)(=O)CCCO)CC5)cc4s3)CC2)n1. The minimum Gasteiger partial charge on any atom is -0.467 e. The zero-order chi connectivity index (χ0) is 26.0. The Morgan fingerprint density at radius 1 is 1.22 bits per heavy atom. The molecule has 0 unspecified atom stereocenters. The molecule has 0 spiro atoms. The molecule has 0 saturated carbocycles. The summed E-state index contributed by atoms with van der Waals surface area (Å²) in [6.45, 7) is 6.37. The van der Waals surface area contributed by atoms with Gasteiger partial charge in [-0.05, 0) is 36.1 Å². The van der Waals surface area contributed by atoms with E-state index in [2.05, 4.69) is 26.1 Å². The van der Waals surface area contributed by atoms with Gasteiger partial charge >= 0.3 is 6.01 Å². The monoisotopic (exact) mass is 547 g/mol. The number of sulfonamides is 1. The molecule has 10 nitrogen and oxygen atoms in total. The Labute approximate surface area is 221 Å². The van der Waals surface area contributed by atoms with E-state index in [1.54, 1.807) is 11.3 Å². The molecule has 3 aromatic rings. The van der Waals surface area contributed by atoms with Gasteiger partial charge in [-0.2, -0.15) is 9.29 Å². The third kappa shape index (κ3) is 5.97. The van der Waals surface area contributed by atoms with Gasteiger partial charge in [0, 0.05) is 51.5 Å². The number of hydrogen-bond acceptors (Lipinski definition) is 10. The number of aromatic nitrogens is 3. The van der Waals surface area contributed by atoms with Crippen molar-refractivity contribution in [1.82, 2.24) is 19.4 Å². The average Bonchev–Trinajstić information content (AvgIpc) is 3.55. The Morgan fingerprint density at radius 2 is 2.03 bits per heavy atom. The zero-order valence-electron chi connectivity index (χ0n) is 21.2. The maximum absolute atomic E-state index is 12.4. The number of rotatable bonds is 9. The predicted molar refractivity (Wildman–Crippen MR) is 144 cm³/mol. The third-order valence-electron chi connectivity index (χ3n) is 6.79. The van der Waals surface area contributed by atoms with Crippen LogP contribution in [0.5, 0.6) is 5.19 Å². The van der Waals surface area contributed by atoms with Crippen LogP contribution in [0.4, 0.5) is 6.01 Å². The fraction of sp³-hybridized carbons (Fsp3) is 0.560. The molecule has 0 radical (unpaired) electrons. The molecule has 2 aromatic heterocycles. The number of thiazole rings is 1.